The highest BCUT2D eigenvalue weighted by Gasteiger charge is 2.23. The van der Waals surface area contributed by atoms with Gasteiger partial charge in [-0.3, -0.25) is 15.0 Å². The molecule has 1 aromatic heterocycles. The van der Waals surface area contributed by atoms with Crippen LogP contribution in [0.15, 0.2) is 60.7 Å². The number of H-pyrrole nitrogens is 1. The van der Waals surface area contributed by atoms with Gasteiger partial charge in [-0.2, -0.15) is 0 Å². The largest absolute Gasteiger partial charge is 0.496 e. The van der Waals surface area contributed by atoms with Crippen molar-refractivity contribution in [2.45, 2.75) is 38.3 Å². The number of nitrogens with one attached hydrogen (secondary N) is 1. The van der Waals surface area contributed by atoms with Gasteiger partial charge in [-0.25, -0.2) is 0 Å². The van der Waals surface area contributed by atoms with Crippen LogP contribution in [0.2, 0.25) is 0 Å². The minimum absolute atomic E-state index is 0.0543. The Morgan fingerprint density at radius 1 is 1.10 bits per heavy atom. The van der Waals surface area contributed by atoms with E-state index in [0.29, 0.717) is 17.4 Å². The van der Waals surface area contributed by atoms with Crippen molar-refractivity contribution in [2.75, 3.05) is 13.7 Å². The number of nitrogens with zero attached hydrogens (tertiary/aromatic N) is 2. The van der Waals surface area contributed by atoms with Gasteiger partial charge in [-0.1, -0.05) is 43.2 Å². The van der Waals surface area contributed by atoms with E-state index in [4.69, 9.17) is 4.74 Å². The molecule has 0 bridgehead atoms. The van der Waals surface area contributed by atoms with Gasteiger partial charge < -0.3 is 9.72 Å². The van der Waals surface area contributed by atoms with Crippen LogP contribution < -0.4 is 4.74 Å². The van der Waals surface area contributed by atoms with E-state index in [2.05, 4.69) is 46.3 Å². The summed E-state index contributed by atoms with van der Waals surface area (Å²) in [6.45, 7) is 1.88. The first kappa shape index (κ1) is 20.2. The van der Waals surface area contributed by atoms with E-state index in [1.54, 1.807) is 19.2 Å². The first-order chi connectivity index (χ1) is 14.7. The fraction of sp³-hybridized carbons (Fsp3) is 0.333. The molecule has 0 saturated carbocycles. The van der Waals surface area contributed by atoms with Crippen LogP contribution in [0.1, 0.15) is 43.0 Å². The van der Waals surface area contributed by atoms with Gasteiger partial charge in [0.25, 0.3) is 5.69 Å². The number of nitro groups is 1. The topological polar surface area (TPSA) is 71.4 Å². The molecule has 0 unspecified atom stereocenters. The van der Waals surface area contributed by atoms with Crippen molar-refractivity contribution in [1.29, 1.82) is 0 Å². The molecule has 30 heavy (non-hydrogen) atoms. The highest BCUT2D eigenvalue weighted by Crippen LogP contribution is 2.34. The molecule has 2 heterocycles. The molecule has 6 heteroatoms. The Morgan fingerprint density at radius 2 is 1.93 bits per heavy atom. The van der Waals surface area contributed by atoms with Gasteiger partial charge in [0.15, 0.2) is 0 Å². The molecular formula is C24H27N3O3. The van der Waals surface area contributed by atoms with Crippen molar-refractivity contribution < 1.29 is 9.66 Å². The van der Waals surface area contributed by atoms with E-state index in [1.807, 2.05) is 6.07 Å². The minimum atomic E-state index is -0.380. The van der Waals surface area contributed by atoms with Crippen LogP contribution in [0.25, 0.3) is 11.3 Å². The van der Waals surface area contributed by atoms with Crippen molar-refractivity contribution >= 4 is 5.69 Å². The van der Waals surface area contributed by atoms with Gasteiger partial charge in [-0.15, -0.1) is 0 Å². The fourth-order valence-corrected chi connectivity index (χ4v) is 4.34. The fourth-order valence-electron chi connectivity index (χ4n) is 4.34. The molecule has 2 aromatic carbocycles. The molecule has 3 aromatic rings. The molecule has 1 fully saturated rings. The second-order valence-corrected chi connectivity index (χ2v) is 7.79. The third-order valence-electron chi connectivity index (χ3n) is 5.85. The average Bonchev–Trinajstić information content (AvgIpc) is 3.11. The lowest BCUT2D eigenvalue weighted by Gasteiger charge is -2.30. The second-order valence-electron chi connectivity index (χ2n) is 7.79. The van der Waals surface area contributed by atoms with Crippen LogP contribution in [-0.4, -0.2) is 28.5 Å². The maximum Gasteiger partial charge on any atom is 0.270 e. The molecule has 1 saturated heterocycles. The zero-order chi connectivity index (χ0) is 20.9. The normalized spacial score (nSPS) is 17.4. The Labute approximate surface area is 176 Å². The predicted molar refractivity (Wildman–Crippen MR) is 117 cm³/mol. The van der Waals surface area contributed by atoms with E-state index in [1.165, 1.54) is 30.9 Å². The van der Waals surface area contributed by atoms with Crippen LogP contribution in [0.4, 0.5) is 5.69 Å². The van der Waals surface area contributed by atoms with Crippen molar-refractivity contribution in [3.05, 3.63) is 82.0 Å². The molecule has 0 amide bonds. The third-order valence-corrected chi connectivity index (χ3v) is 5.85. The Kier molecular flexibility index (Phi) is 6.14. The molecule has 0 radical (unpaired) electrons. The SMILES string of the molecule is COc1ccc([N+](=O)[O-])cc1-c1ccc(CN2CCCCC[C@@H]2c2ccccc2)[nH]1. The first-order valence-electron chi connectivity index (χ1n) is 10.5. The van der Waals surface area contributed by atoms with Gasteiger partial charge in [0.2, 0.25) is 0 Å². The van der Waals surface area contributed by atoms with Crippen LogP contribution in [0.5, 0.6) is 5.75 Å². The molecule has 1 aliphatic heterocycles. The summed E-state index contributed by atoms with van der Waals surface area (Å²) in [5, 5.41) is 11.2. The Morgan fingerprint density at radius 3 is 2.70 bits per heavy atom. The summed E-state index contributed by atoms with van der Waals surface area (Å²) in [6, 6.07) is 19.9. The lowest BCUT2D eigenvalue weighted by molar-refractivity contribution is -0.384. The molecule has 156 valence electrons. The lowest BCUT2D eigenvalue weighted by atomic mass is 10.0. The van der Waals surface area contributed by atoms with E-state index in [9.17, 15) is 10.1 Å². The van der Waals surface area contributed by atoms with Crippen molar-refractivity contribution in [2.24, 2.45) is 0 Å². The zero-order valence-corrected chi connectivity index (χ0v) is 17.2. The van der Waals surface area contributed by atoms with E-state index < -0.39 is 0 Å². The summed E-state index contributed by atoms with van der Waals surface area (Å²) in [4.78, 5) is 16.8. The maximum atomic E-state index is 11.2. The summed E-state index contributed by atoms with van der Waals surface area (Å²) in [5.41, 5.74) is 4.05. The van der Waals surface area contributed by atoms with Gasteiger partial charge in [0.1, 0.15) is 5.75 Å². The molecule has 1 aliphatic rings. The average molecular weight is 405 g/mol. The van der Waals surface area contributed by atoms with Gasteiger partial charge >= 0.3 is 0 Å². The summed E-state index contributed by atoms with van der Waals surface area (Å²) < 4.78 is 5.43. The monoisotopic (exact) mass is 405 g/mol. The number of likely N-dealkylation sites (tertiary alicyclic amines) is 1. The number of non-ortho nitro benzene ring substituents is 1. The number of hydrogen-bond acceptors (Lipinski definition) is 4. The minimum Gasteiger partial charge on any atom is -0.496 e. The van der Waals surface area contributed by atoms with E-state index in [-0.39, 0.29) is 10.6 Å². The van der Waals surface area contributed by atoms with Gasteiger partial charge in [0, 0.05) is 41.7 Å². The molecule has 1 atom stereocenters. The maximum absolute atomic E-state index is 11.2. The molecule has 1 N–H and O–H groups in total. The number of nitro benzene ring substituents is 1. The molecule has 0 aliphatic carbocycles. The first-order valence-corrected chi connectivity index (χ1v) is 10.5. The highest BCUT2D eigenvalue weighted by molar-refractivity contribution is 5.70. The van der Waals surface area contributed by atoms with Crippen LogP contribution >= 0.6 is 0 Å². The second kappa shape index (κ2) is 9.13. The highest BCUT2D eigenvalue weighted by atomic mass is 16.6. The smallest absolute Gasteiger partial charge is 0.270 e. The summed E-state index contributed by atoms with van der Waals surface area (Å²) >= 11 is 0. The molecule has 4 rings (SSSR count). The van der Waals surface area contributed by atoms with E-state index >= 15 is 0 Å². The third kappa shape index (κ3) is 4.39. The predicted octanol–water partition coefficient (Wildman–Crippen LogP) is 5.72. The molecule has 0 spiro atoms. The lowest BCUT2D eigenvalue weighted by Crippen LogP contribution is -2.28. The summed E-state index contributed by atoms with van der Waals surface area (Å²) in [6.07, 6.45) is 4.88. The van der Waals surface area contributed by atoms with Crippen molar-refractivity contribution in [1.82, 2.24) is 9.88 Å². The van der Waals surface area contributed by atoms with E-state index in [0.717, 1.165) is 30.9 Å². The molecule has 6 nitrogen and oxygen atoms in total. The van der Waals surface area contributed by atoms with Crippen LogP contribution in [0, 0.1) is 10.1 Å². The molecular weight excluding hydrogens is 378 g/mol. The van der Waals surface area contributed by atoms with Gasteiger partial charge in [0.05, 0.1) is 12.0 Å². The summed E-state index contributed by atoms with van der Waals surface area (Å²) in [7, 11) is 1.58. The summed E-state index contributed by atoms with van der Waals surface area (Å²) in [5.74, 6) is 0.617. The van der Waals surface area contributed by atoms with Crippen molar-refractivity contribution in [3.63, 3.8) is 0 Å². The number of benzene rings is 2. The van der Waals surface area contributed by atoms with Crippen molar-refractivity contribution in [3.8, 4) is 17.0 Å². The Balaban J connectivity index is 1.59. The Hall–Kier alpha value is -3.12. The number of methoxy groups -OCH3 is 1. The van der Waals surface area contributed by atoms with Crippen LogP contribution in [-0.2, 0) is 6.54 Å². The number of aromatic amines is 1. The van der Waals surface area contributed by atoms with Gasteiger partial charge in [-0.05, 0) is 43.1 Å². The number of ether oxygens (including phenoxy) is 1. The standard InChI is InChI=1S/C24H27N3O3/c1-30-24-14-12-20(27(28)29)16-21(24)22-13-11-19(25-22)17-26-15-7-3-6-10-23(26)18-8-4-2-5-9-18/h2,4-5,8-9,11-14,16,23,25H,3,6-7,10,15,17H2,1H3/t23-/m1/s1. The number of hydrogen-bond donors (Lipinski definition) is 1. The Bertz CT molecular complexity index is 1000. The zero-order valence-electron chi connectivity index (χ0n) is 17.2. The number of aromatic nitrogens is 1. The van der Waals surface area contributed by atoms with Crippen LogP contribution in [0.3, 0.4) is 0 Å². The quantitative estimate of drug-likeness (QED) is 0.421. The number of rotatable bonds is 6.